The van der Waals surface area contributed by atoms with Crippen LogP contribution < -0.4 is 0 Å². The average molecular weight is 404 g/mol. The minimum absolute atomic E-state index is 0.505. The highest BCUT2D eigenvalue weighted by atomic mass is 32.2. The fourth-order valence-corrected chi connectivity index (χ4v) is 3.30. The van der Waals surface area contributed by atoms with Crippen molar-refractivity contribution in [1.82, 2.24) is 0 Å². The molecule has 0 spiro atoms. The number of ether oxygens (including phenoxy) is 1. The molecule has 1 N–H and O–H groups in total. The normalized spacial score (nSPS) is 15.7. The molecule has 0 saturated carbocycles. The van der Waals surface area contributed by atoms with E-state index in [2.05, 4.69) is 14.1 Å². The van der Waals surface area contributed by atoms with Gasteiger partial charge in [-0.05, 0) is 22.3 Å². The van der Waals surface area contributed by atoms with Crippen LogP contribution in [-0.4, -0.2) is 29.0 Å². The van der Waals surface area contributed by atoms with Crippen molar-refractivity contribution in [3.05, 3.63) is 59.7 Å². The second-order valence-electron chi connectivity index (χ2n) is 5.64. The van der Waals surface area contributed by atoms with Crippen LogP contribution in [0.1, 0.15) is 17.0 Å². The third-order valence-corrected chi connectivity index (χ3v) is 4.91. The summed E-state index contributed by atoms with van der Waals surface area (Å²) in [6.45, 7) is -0.505. The lowest BCUT2D eigenvalue weighted by atomic mass is 9.98. The van der Waals surface area contributed by atoms with Crippen molar-refractivity contribution in [2.75, 3.05) is 6.61 Å². The smallest absolute Gasteiger partial charge is 0.446 e. The Morgan fingerprint density at radius 2 is 1.52 bits per heavy atom. The predicted octanol–water partition coefficient (Wildman–Crippen LogP) is 4.64. The summed E-state index contributed by atoms with van der Waals surface area (Å²) in [6, 6.07) is 14.3. The largest absolute Gasteiger partial charge is 0.461 e. The second-order valence-corrected chi connectivity index (χ2v) is 6.51. The minimum atomic E-state index is -5.65. The van der Waals surface area contributed by atoms with Gasteiger partial charge in [-0.25, -0.2) is 14.4 Å². The molecule has 0 heterocycles. The first-order chi connectivity index (χ1) is 12.8. The molecular formula is C17H12F4O5S. The predicted molar refractivity (Wildman–Crippen MR) is 87.0 cm³/mol. The van der Waals surface area contributed by atoms with Gasteiger partial charge in [0, 0.05) is 5.92 Å². The molecule has 0 aromatic heterocycles. The number of esters is 1. The van der Waals surface area contributed by atoms with E-state index < -0.39 is 41.7 Å². The van der Waals surface area contributed by atoms with Gasteiger partial charge in [-0.2, -0.15) is 13.2 Å². The minimum Gasteiger partial charge on any atom is -0.461 e. The maximum absolute atomic E-state index is 14.2. The number of hydrogen-bond donors (Lipinski definition) is 1. The molecule has 3 rings (SSSR count). The number of alkyl halides is 4. The summed E-state index contributed by atoms with van der Waals surface area (Å²) in [5.74, 6) is -2.75. The van der Waals surface area contributed by atoms with Crippen molar-refractivity contribution in [3.63, 3.8) is 0 Å². The fourth-order valence-electron chi connectivity index (χ4n) is 2.95. The lowest BCUT2D eigenvalue weighted by molar-refractivity contribution is -0.433. The summed E-state index contributed by atoms with van der Waals surface area (Å²) in [6.07, 6.45) is -5.65. The molecule has 0 amide bonds. The van der Waals surface area contributed by atoms with Gasteiger partial charge in [-0.3, -0.25) is 0 Å². The zero-order chi connectivity index (χ0) is 19.7. The van der Waals surface area contributed by atoms with Crippen LogP contribution in [0.5, 0.6) is 0 Å². The van der Waals surface area contributed by atoms with E-state index in [0.717, 1.165) is 22.3 Å². The SMILES string of the molecule is O=C(OCC1c2ccccc2-c2ccccc21)C(F)(SOOO)C(F)(F)F. The number of benzene rings is 2. The Kier molecular flexibility index (Phi) is 5.43. The number of fused-ring (bicyclic) bond motifs is 3. The van der Waals surface area contributed by atoms with Crippen molar-refractivity contribution in [2.24, 2.45) is 0 Å². The third-order valence-electron chi connectivity index (χ3n) is 4.15. The van der Waals surface area contributed by atoms with E-state index in [9.17, 15) is 22.4 Å². The molecule has 0 bridgehead atoms. The number of carbonyl (C=O) groups is 1. The Hall–Kier alpha value is -2.14. The highest BCUT2D eigenvalue weighted by molar-refractivity contribution is 7.96. The van der Waals surface area contributed by atoms with E-state index in [1.165, 1.54) is 0 Å². The maximum Gasteiger partial charge on any atom is 0.446 e. The van der Waals surface area contributed by atoms with Gasteiger partial charge in [0.15, 0.2) is 0 Å². The van der Waals surface area contributed by atoms with Crippen LogP contribution in [-0.2, 0) is 18.9 Å². The van der Waals surface area contributed by atoms with Crippen LogP contribution in [0.15, 0.2) is 48.5 Å². The molecule has 27 heavy (non-hydrogen) atoms. The number of hydrogen-bond acceptors (Lipinski definition) is 6. The number of carbonyl (C=O) groups excluding carboxylic acids is 1. The third kappa shape index (κ3) is 3.53. The monoisotopic (exact) mass is 404 g/mol. The van der Waals surface area contributed by atoms with Crippen LogP contribution in [0.25, 0.3) is 11.1 Å². The Labute approximate surface area is 154 Å². The van der Waals surface area contributed by atoms with Crippen molar-refractivity contribution < 1.29 is 41.7 Å². The molecule has 10 heteroatoms. The summed E-state index contributed by atoms with van der Waals surface area (Å²) in [7, 11) is 0. The van der Waals surface area contributed by atoms with E-state index in [1.54, 1.807) is 24.3 Å². The highest BCUT2D eigenvalue weighted by Crippen LogP contribution is 2.47. The first-order valence-corrected chi connectivity index (χ1v) is 8.30. The van der Waals surface area contributed by atoms with E-state index in [1.807, 2.05) is 24.3 Å². The fraction of sp³-hybridized carbons (Fsp3) is 0.235. The van der Waals surface area contributed by atoms with Gasteiger partial charge in [-0.1, -0.05) is 53.6 Å². The van der Waals surface area contributed by atoms with Gasteiger partial charge in [0.05, 0.1) is 12.0 Å². The van der Waals surface area contributed by atoms with E-state index in [4.69, 9.17) is 5.26 Å². The summed E-state index contributed by atoms with van der Waals surface area (Å²) in [5.41, 5.74) is 3.24. The topological polar surface area (TPSA) is 65.0 Å². The van der Waals surface area contributed by atoms with Crippen LogP contribution in [0.2, 0.25) is 0 Å². The Balaban J connectivity index is 1.83. The van der Waals surface area contributed by atoms with Gasteiger partial charge in [0.25, 0.3) is 0 Å². The van der Waals surface area contributed by atoms with Crippen molar-refractivity contribution >= 4 is 18.0 Å². The molecule has 2 aromatic rings. The average Bonchev–Trinajstić information content (AvgIpc) is 2.97. The molecule has 1 atom stereocenters. The van der Waals surface area contributed by atoms with Gasteiger partial charge in [0.2, 0.25) is 0 Å². The molecule has 0 radical (unpaired) electrons. The Bertz CT molecular complexity index is 799. The summed E-state index contributed by atoms with van der Waals surface area (Å²) < 4.78 is 61.2. The summed E-state index contributed by atoms with van der Waals surface area (Å²) in [5, 5.41) is 6.38. The van der Waals surface area contributed by atoms with Gasteiger partial charge < -0.3 is 4.74 Å². The van der Waals surface area contributed by atoms with Gasteiger partial charge in [-0.15, -0.1) is 4.33 Å². The summed E-state index contributed by atoms with van der Waals surface area (Å²) >= 11 is -1.05. The molecular weight excluding hydrogens is 392 g/mol. The van der Waals surface area contributed by atoms with Crippen LogP contribution in [0.3, 0.4) is 0 Å². The van der Waals surface area contributed by atoms with Gasteiger partial charge >= 0.3 is 17.1 Å². The summed E-state index contributed by atoms with van der Waals surface area (Å²) in [4.78, 5) is 11.8. The molecule has 0 saturated heterocycles. The zero-order valence-corrected chi connectivity index (χ0v) is 14.2. The van der Waals surface area contributed by atoms with Crippen LogP contribution in [0, 0.1) is 0 Å². The first kappa shape index (κ1) is 19.6. The molecule has 0 aliphatic heterocycles. The van der Waals surface area contributed by atoms with Crippen LogP contribution >= 0.6 is 12.0 Å². The maximum atomic E-state index is 14.2. The second kappa shape index (κ2) is 7.47. The van der Waals surface area contributed by atoms with E-state index in [0.29, 0.717) is 0 Å². The zero-order valence-electron chi connectivity index (χ0n) is 13.4. The molecule has 1 unspecified atom stereocenters. The van der Waals surface area contributed by atoms with E-state index in [-0.39, 0.29) is 0 Å². The molecule has 1 aliphatic rings. The molecule has 1 aliphatic carbocycles. The molecule has 2 aromatic carbocycles. The Morgan fingerprint density at radius 3 is 2.00 bits per heavy atom. The number of halogens is 4. The van der Waals surface area contributed by atoms with Crippen LogP contribution in [0.4, 0.5) is 17.6 Å². The van der Waals surface area contributed by atoms with Crippen molar-refractivity contribution in [2.45, 2.75) is 17.1 Å². The molecule has 5 nitrogen and oxygen atoms in total. The Morgan fingerprint density at radius 1 is 1.00 bits per heavy atom. The first-order valence-electron chi connectivity index (χ1n) is 7.56. The van der Waals surface area contributed by atoms with Gasteiger partial charge in [0.1, 0.15) is 6.61 Å². The van der Waals surface area contributed by atoms with E-state index >= 15 is 0 Å². The lowest BCUT2D eigenvalue weighted by Gasteiger charge is -2.24. The molecule has 144 valence electrons. The van der Waals surface area contributed by atoms with Crippen molar-refractivity contribution in [1.29, 1.82) is 0 Å². The molecule has 0 fully saturated rings. The lowest BCUT2D eigenvalue weighted by Crippen LogP contribution is -2.46. The van der Waals surface area contributed by atoms with Crippen molar-refractivity contribution in [3.8, 4) is 11.1 Å². The standard InChI is InChI=1S/C17H12F4O5S/c18-16(17(19,20)21,27-26-25-23)15(22)24-9-14-12-7-3-1-5-10(12)11-6-2-4-8-13(11)14/h1-8,14,23H,9H2. The number of rotatable bonds is 6. The quantitative estimate of drug-likeness (QED) is 0.249. The highest BCUT2D eigenvalue weighted by Gasteiger charge is 2.66.